The van der Waals surface area contributed by atoms with Gasteiger partial charge in [0.05, 0.1) is 0 Å². The Labute approximate surface area is 216 Å². The molecule has 3 aliphatic rings. The quantitative estimate of drug-likeness (QED) is 0.214. The third kappa shape index (κ3) is 3.09. The molecule has 0 fully saturated rings. The molecule has 6 aromatic rings. The lowest BCUT2D eigenvalue weighted by atomic mass is 9.99. The summed E-state index contributed by atoms with van der Waals surface area (Å²) in [7, 11) is 0. The van der Waals surface area contributed by atoms with Gasteiger partial charge in [-0.2, -0.15) is 0 Å². The summed E-state index contributed by atoms with van der Waals surface area (Å²) in [5.74, 6) is 0. The van der Waals surface area contributed by atoms with E-state index in [0.717, 1.165) is 6.42 Å². The van der Waals surface area contributed by atoms with Gasteiger partial charge in [0.25, 0.3) is 0 Å². The van der Waals surface area contributed by atoms with Crippen molar-refractivity contribution in [1.82, 2.24) is 0 Å². The van der Waals surface area contributed by atoms with Crippen LogP contribution in [-0.2, 0) is 6.42 Å². The third-order valence-electron chi connectivity index (χ3n) is 8.10. The largest absolute Gasteiger partial charge is 0.0619 e. The second kappa shape index (κ2) is 7.91. The van der Waals surface area contributed by atoms with E-state index in [0.29, 0.717) is 0 Å². The molecule has 0 bridgehead atoms. The number of benzene rings is 6. The van der Waals surface area contributed by atoms with Gasteiger partial charge < -0.3 is 0 Å². The van der Waals surface area contributed by atoms with Crippen LogP contribution < -0.4 is 10.4 Å². The predicted octanol–water partition coefficient (Wildman–Crippen LogP) is 7.72. The van der Waals surface area contributed by atoms with E-state index in [4.69, 9.17) is 0 Å². The first-order chi connectivity index (χ1) is 18.3. The summed E-state index contributed by atoms with van der Waals surface area (Å²) in [4.78, 5) is 0. The molecule has 0 radical (unpaired) electrons. The number of hydrogen-bond donors (Lipinski definition) is 0. The third-order valence-corrected chi connectivity index (χ3v) is 8.10. The van der Waals surface area contributed by atoms with Gasteiger partial charge in [0, 0.05) is 0 Å². The van der Waals surface area contributed by atoms with Crippen molar-refractivity contribution in [1.29, 1.82) is 0 Å². The van der Waals surface area contributed by atoms with Gasteiger partial charge in [0.1, 0.15) is 0 Å². The first-order valence-electron chi connectivity index (χ1n) is 13.0. The van der Waals surface area contributed by atoms with Gasteiger partial charge >= 0.3 is 0 Å². The van der Waals surface area contributed by atoms with Gasteiger partial charge in [0.2, 0.25) is 0 Å². The minimum Gasteiger partial charge on any atom is -0.0619 e. The van der Waals surface area contributed by atoms with E-state index < -0.39 is 0 Å². The smallest absolute Gasteiger partial charge is 0.000729 e. The lowest BCUT2D eigenvalue weighted by Gasteiger charge is -2.05. The van der Waals surface area contributed by atoms with Crippen molar-refractivity contribution in [2.75, 3.05) is 0 Å². The molecule has 9 rings (SSSR count). The fraction of sp³-hybridized carbons (Fsp3) is 0.0270. The van der Waals surface area contributed by atoms with Crippen molar-refractivity contribution in [2.45, 2.75) is 6.42 Å². The summed E-state index contributed by atoms with van der Waals surface area (Å²) in [6, 6.07) is 43.7. The van der Waals surface area contributed by atoms with Crippen LogP contribution in [0.3, 0.4) is 0 Å². The van der Waals surface area contributed by atoms with Crippen molar-refractivity contribution in [3.63, 3.8) is 0 Å². The molecule has 0 atom stereocenters. The fourth-order valence-electron chi connectivity index (χ4n) is 6.37. The predicted molar refractivity (Wildman–Crippen MR) is 156 cm³/mol. The van der Waals surface area contributed by atoms with E-state index >= 15 is 0 Å². The average Bonchev–Trinajstić information content (AvgIpc) is 3.64. The normalized spacial score (nSPS) is 12.6. The standard InChI is InChI=1S/C20H12.C17H12/c1-3-7-15-13(5-1)11-19-17(15)9-10-18-16-8-4-2-6-14(16)12-20(18)19;1-3-7-14-12(5-1)9-10-16-15-8-4-2-6-13(15)11-17(14)16/h1-12H;1-10H,11H2. The molecule has 0 saturated heterocycles. The summed E-state index contributed by atoms with van der Waals surface area (Å²) in [5, 5.41) is 5.50. The monoisotopic (exact) mass is 468 g/mol. The van der Waals surface area contributed by atoms with Crippen LogP contribution in [0.2, 0.25) is 0 Å². The minimum absolute atomic E-state index is 1.08. The second-order valence-corrected chi connectivity index (χ2v) is 10.1. The van der Waals surface area contributed by atoms with Gasteiger partial charge in [-0.15, -0.1) is 0 Å². The Hall–Kier alpha value is -4.68. The molecular weight excluding hydrogens is 444 g/mol. The van der Waals surface area contributed by atoms with Crippen molar-refractivity contribution in [2.24, 2.45) is 0 Å². The molecule has 0 amide bonds. The second-order valence-electron chi connectivity index (χ2n) is 10.1. The van der Waals surface area contributed by atoms with Crippen molar-refractivity contribution < 1.29 is 0 Å². The highest BCUT2D eigenvalue weighted by Gasteiger charge is 2.20. The highest BCUT2D eigenvalue weighted by molar-refractivity contribution is 5.95. The van der Waals surface area contributed by atoms with E-state index in [1.165, 1.54) is 76.8 Å². The maximum Gasteiger partial charge on any atom is -0.000729 e. The van der Waals surface area contributed by atoms with E-state index in [1.54, 1.807) is 0 Å². The summed E-state index contributed by atoms with van der Waals surface area (Å²) >= 11 is 0. The molecule has 172 valence electrons. The van der Waals surface area contributed by atoms with Gasteiger partial charge in [-0.3, -0.25) is 0 Å². The van der Waals surface area contributed by atoms with Gasteiger partial charge in [-0.1, -0.05) is 121 Å². The summed E-state index contributed by atoms with van der Waals surface area (Å²) in [5.41, 5.74) is 13.9. The molecular formula is C37H24. The Morgan fingerprint density at radius 3 is 1.62 bits per heavy atom. The molecule has 0 aromatic heterocycles. The van der Waals surface area contributed by atoms with Crippen LogP contribution in [0.15, 0.2) is 121 Å². The molecule has 0 saturated carbocycles. The Bertz CT molecular complexity index is 1920. The zero-order chi connectivity index (χ0) is 24.3. The fourth-order valence-corrected chi connectivity index (χ4v) is 6.37. The Morgan fingerprint density at radius 1 is 0.378 bits per heavy atom. The molecule has 0 heteroatoms. The maximum atomic E-state index is 2.33. The topological polar surface area (TPSA) is 0 Å². The van der Waals surface area contributed by atoms with Crippen LogP contribution >= 0.6 is 0 Å². The van der Waals surface area contributed by atoms with E-state index in [2.05, 4.69) is 133 Å². The molecule has 37 heavy (non-hydrogen) atoms. The van der Waals surface area contributed by atoms with Crippen LogP contribution in [0, 0.1) is 0 Å². The Kier molecular flexibility index (Phi) is 4.39. The molecule has 6 aromatic carbocycles. The molecule has 0 unspecified atom stereocenters. The molecule has 3 aliphatic carbocycles. The summed E-state index contributed by atoms with van der Waals surface area (Å²) in [6.45, 7) is 0. The highest BCUT2D eigenvalue weighted by Crippen LogP contribution is 2.40. The minimum atomic E-state index is 1.08. The van der Waals surface area contributed by atoms with Crippen molar-refractivity contribution in [3.05, 3.63) is 154 Å². The first kappa shape index (κ1) is 20.5. The molecule has 0 N–H and O–H groups in total. The van der Waals surface area contributed by atoms with E-state index in [-0.39, 0.29) is 0 Å². The molecule has 0 spiro atoms. The number of rotatable bonds is 0. The van der Waals surface area contributed by atoms with Crippen LogP contribution in [0.5, 0.6) is 0 Å². The zero-order valence-corrected chi connectivity index (χ0v) is 20.4. The van der Waals surface area contributed by atoms with Crippen molar-refractivity contribution in [3.8, 4) is 33.4 Å². The zero-order valence-electron chi connectivity index (χ0n) is 20.4. The van der Waals surface area contributed by atoms with Gasteiger partial charge in [0.15, 0.2) is 0 Å². The Morgan fingerprint density at radius 2 is 0.919 bits per heavy atom. The molecule has 0 nitrogen and oxygen atoms in total. The highest BCUT2D eigenvalue weighted by atomic mass is 14.2. The maximum absolute atomic E-state index is 2.33. The van der Waals surface area contributed by atoms with Gasteiger partial charge in [-0.05, 0) is 95.4 Å². The lowest BCUT2D eigenvalue weighted by molar-refractivity contribution is 1.28. The first-order valence-corrected chi connectivity index (χ1v) is 13.0. The SMILES string of the molecule is C1=c2c(ccc3c2=Cc2ccccc2-3)-c2ccccc21.c1ccc2c(c1)Cc1c-2ccc2ccccc12. The molecule has 0 heterocycles. The lowest BCUT2D eigenvalue weighted by Crippen LogP contribution is -2.25. The summed E-state index contributed by atoms with van der Waals surface area (Å²) in [6.07, 6.45) is 5.73. The van der Waals surface area contributed by atoms with Crippen LogP contribution in [-0.4, -0.2) is 0 Å². The van der Waals surface area contributed by atoms with E-state index in [1.807, 2.05) is 0 Å². The Balaban J connectivity index is 0.000000118. The molecule has 0 aliphatic heterocycles. The number of hydrogen-bond acceptors (Lipinski definition) is 0. The van der Waals surface area contributed by atoms with Crippen molar-refractivity contribution >= 4 is 22.9 Å². The van der Waals surface area contributed by atoms with Gasteiger partial charge in [-0.25, -0.2) is 0 Å². The number of fused-ring (bicyclic) bond motifs is 12. The summed E-state index contributed by atoms with van der Waals surface area (Å²) < 4.78 is 0. The van der Waals surface area contributed by atoms with Crippen LogP contribution in [0.1, 0.15) is 22.3 Å². The van der Waals surface area contributed by atoms with Crippen LogP contribution in [0.25, 0.3) is 56.3 Å². The average molecular weight is 469 g/mol. The van der Waals surface area contributed by atoms with E-state index in [9.17, 15) is 0 Å². The van der Waals surface area contributed by atoms with Crippen LogP contribution in [0.4, 0.5) is 0 Å².